The Bertz CT molecular complexity index is 486. The van der Waals surface area contributed by atoms with Crippen LogP contribution in [0.5, 0.6) is 0 Å². The smallest absolute Gasteiger partial charge is 0.243 e. The number of sulfonamides is 1. The summed E-state index contributed by atoms with van der Waals surface area (Å²) in [5, 5.41) is 0. The van der Waals surface area contributed by atoms with Crippen molar-refractivity contribution in [2.45, 2.75) is 11.3 Å². The Morgan fingerprint density at radius 1 is 1.37 bits per heavy atom. The van der Waals surface area contributed by atoms with Crippen molar-refractivity contribution in [2.75, 3.05) is 33.4 Å². The van der Waals surface area contributed by atoms with Gasteiger partial charge in [0.2, 0.25) is 10.0 Å². The monoisotopic (exact) mass is 290 g/mol. The quantitative estimate of drug-likeness (QED) is 0.769. The van der Waals surface area contributed by atoms with Crippen LogP contribution in [0.1, 0.15) is 6.42 Å². The minimum Gasteiger partial charge on any atom is -0.383 e. The van der Waals surface area contributed by atoms with Crippen LogP contribution < -0.4 is 5.73 Å². The summed E-state index contributed by atoms with van der Waals surface area (Å²) in [5.74, 6) is -0.577. The summed E-state index contributed by atoms with van der Waals surface area (Å²) in [5.41, 5.74) is 5.40. The first-order valence-electron chi connectivity index (χ1n) is 5.97. The summed E-state index contributed by atoms with van der Waals surface area (Å²) in [4.78, 5) is -0.0550. The van der Waals surface area contributed by atoms with E-state index in [1.807, 2.05) is 0 Å². The van der Waals surface area contributed by atoms with Crippen LogP contribution in [-0.2, 0) is 14.8 Å². The van der Waals surface area contributed by atoms with E-state index in [0.29, 0.717) is 19.5 Å². The topological polar surface area (TPSA) is 72.6 Å². The highest BCUT2D eigenvalue weighted by Crippen LogP contribution is 2.16. The SMILES string of the molecule is COCCN(CCCN)S(=O)(=O)c1cccc(F)c1. The fourth-order valence-corrected chi connectivity index (χ4v) is 3.08. The maximum absolute atomic E-state index is 13.1. The summed E-state index contributed by atoms with van der Waals surface area (Å²) in [7, 11) is -2.21. The van der Waals surface area contributed by atoms with Crippen LogP contribution in [-0.4, -0.2) is 46.1 Å². The van der Waals surface area contributed by atoms with E-state index in [1.54, 1.807) is 0 Å². The third-order valence-electron chi connectivity index (χ3n) is 2.59. The van der Waals surface area contributed by atoms with Gasteiger partial charge in [-0.15, -0.1) is 0 Å². The summed E-state index contributed by atoms with van der Waals surface area (Å²) in [6, 6.07) is 4.97. The van der Waals surface area contributed by atoms with E-state index < -0.39 is 15.8 Å². The minimum absolute atomic E-state index is 0.0550. The largest absolute Gasteiger partial charge is 0.383 e. The van der Waals surface area contributed by atoms with Gasteiger partial charge in [-0.3, -0.25) is 0 Å². The Labute approximate surface area is 113 Å². The molecule has 0 heterocycles. The van der Waals surface area contributed by atoms with E-state index in [2.05, 4.69) is 0 Å². The molecule has 0 bridgehead atoms. The predicted octanol–water partition coefficient (Wildman–Crippen LogP) is 0.812. The van der Waals surface area contributed by atoms with Crippen molar-refractivity contribution in [1.29, 1.82) is 0 Å². The Morgan fingerprint density at radius 2 is 2.11 bits per heavy atom. The second-order valence-corrected chi connectivity index (χ2v) is 5.93. The molecule has 0 aromatic heterocycles. The van der Waals surface area contributed by atoms with Crippen LogP contribution in [0.25, 0.3) is 0 Å². The average molecular weight is 290 g/mol. The number of hydrogen-bond acceptors (Lipinski definition) is 4. The molecule has 19 heavy (non-hydrogen) atoms. The molecular weight excluding hydrogens is 271 g/mol. The lowest BCUT2D eigenvalue weighted by atomic mass is 10.4. The molecule has 0 saturated carbocycles. The third-order valence-corrected chi connectivity index (χ3v) is 4.48. The first kappa shape index (κ1) is 16.0. The zero-order valence-corrected chi connectivity index (χ0v) is 11.7. The molecule has 0 amide bonds. The van der Waals surface area contributed by atoms with E-state index in [4.69, 9.17) is 10.5 Å². The summed E-state index contributed by atoms with van der Waals surface area (Å²) >= 11 is 0. The molecule has 0 aliphatic carbocycles. The molecule has 0 spiro atoms. The fourth-order valence-electron chi connectivity index (χ4n) is 1.59. The minimum atomic E-state index is -3.71. The molecule has 0 unspecified atom stereocenters. The third kappa shape index (κ3) is 4.54. The summed E-state index contributed by atoms with van der Waals surface area (Å²) in [6.45, 7) is 1.18. The first-order valence-corrected chi connectivity index (χ1v) is 7.41. The van der Waals surface area contributed by atoms with E-state index in [1.165, 1.54) is 29.6 Å². The molecule has 5 nitrogen and oxygen atoms in total. The van der Waals surface area contributed by atoms with Gasteiger partial charge in [0.05, 0.1) is 11.5 Å². The van der Waals surface area contributed by atoms with E-state index >= 15 is 0 Å². The van der Waals surface area contributed by atoms with Gasteiger partial charge in [-0.05, 0) is 31.2 Å². The molecule has 0 aliphatic heterocycles. The van der Waals surface area contributed by atoms with Gasteiger partial charge >= 0.3 is 0 Å². The van der Waals surface area contributed by atoms with Crippen molar-refractivity contribution in [2.24, 2.45) is 5.73 Å². The molecule has 0 fully saturated rings. The lowest BCUT2D eigenvalue weighted by Gasteiger charge is -2.21. The van der Waals surface area contributed by atoms with Gasteiger partial charge in [0.1, 0.15) is 5.82 Å². The van der Waals surface area contributed by atoms with Crippen molar-refractivity contribution < 1.29 is 17.5 Å². The Hall–Kier alpha value is -1.02. The number of nitrogens with zero attached hydrogens (tertiary/aromatic N) is 1. The summed E-state index contributed by atoms with van der Waals surface area (Å²) < 4.78 is 44.0. The molecule has 0 atom stereocenters. The standard InChI is InChI=1S/C12H19FN2O3S/c1-18-9-8-15(7-3-6-14)19(16,17)12-5-2-4-11(13)10-12/h2,4-5,10H,3,6-9,14H2,1H3. The maximum atomic E-state index is 13.1. The molecule has 0 radical (unpaired) electrons. The van der Waals surface area contributed by atoms with Crippen LogP contribution in [0.2, 0.25) is 0 Å². The predicted molar refractivity (Wildman–Crippen MR) is 70.7 cm³/mol. The van der Waals surface area contributed by atoms with Crippen molar-refractivity contribution in [3.05, 3.63) is 30.1 Å². The van der Waals surface area contributed by atoms with Crippen LogP contribution in [0.3, 0.4) is 0 Å². The van der Waals surface area contributed by atoms with Crippen LogP contribution >= 0.6 is 0 Å². The molecule has 0 aliphatic rings. The van der Waals surface area contributed by atoms with Gasteiger partial charge in [-0.1, -0.05) is 6.07 Å². The molecule has 0 saturated heterocycles. The lowest BCUT2D eigenvalue weighted by molar-refractivity contribution is 0.178. The highest BCUT2D eigenvalue weighted by molar-refractivity contribution is 7.89. The lowest BCUT2D eigenvalue weighted by Crippen LogP contribution is -2.35. The van der Waals surface area contributed by atoms with Gasteiger partial charge in [-0.2, -0.15) is 4.31 Å². The van der Waals surface area contributed by atoms with Crippen LogP contribution in [0.4, 0.5) is 4.39 Å². The normalized spacial score (nSPS) is 12.0. The molecular formula is C12H19FN2O3S. The molecule has 1 aromatic carbocycles. The second kappa shape index (κ2) is 7.54. The highest BCUT2D eigenvalue weighted by Gasteiger charge is 2.23. The maximum Gasteiger partial charge on any atom is 0.243 e. The number of hydrogen-bond donors (Lipinski definition) is 1. The zero-order chi connectivity index (χ0) is 14.3. The molecule has 1 rings (SSSR count). The second-order valence-electron chi connectivity index (χ2n) is 4.00. The van der Waals surface area contributed by atoms with Crippen molar-refractivity contribution >= 4 is 10.0 Å². The molecule has 1 aromatic rings. The number of methoxy groups -OCH3 is 1. The number of benzene rings is 1. The number of halogens is 1. The highest BCUT2D eigenvalue weighted by atomic mass is 32.2. The summed E-state index contributed by atoms with van der Waals surface area (Å²) in [6.07, 6.45) is 0.540. The first-order chi connectivity index (χ1) is 9.02. The average Bonchev–Trinajstić information content (AvgIpc) is 2.38. The number of ether oxygens (including phenoxy) is 1. The molecule has 2 N–H and O–H groups in total. The number of rotatable bonds is 8. The van der Waals surface area contributed by atoms with Crippen molar-refractivity contribution in [1.82, 2.24) is 4.31 Å². The van der Waals surface area contributed by atoms with E-state index in [-0.39, 0.29) is 18.0 Å². The Kier molecular flexibility index (Phi) is 6.36. The van der Waals surface area contributed by atoms with Gasteiger partial charge in [0.15, 0.2) is 0 Å². The van der Waals surface area contributed by atoms with E-state index in [9.17, 15) is 12.8 Å². The van der Waals surface area contributed by atoms with Gasteiger partial charge in [0, 0.05) is 20.2 Å². The van der Waals surface area contributed by atoms with E-state index in [0.717, 1.165) is 6.07 Å². The van der Waals surface area contributed by atoms with Gasteiger partial charge in [-0.25, -0.2) is 12.8 Å². The fraction of sp³-hybridized carbons (Fsp3) is 0.500. The molecule has 7 heteroatoms. The zero-order valence-electron chi connectivity index (χ0n) is 10.9. The Morgan fingerprint density at radius 3 is 2.68 bits per heavy atom. The Balaban J connectivity index is 2.97. The van der Waals surface area contributed by atoms with Crippen molar-refractivity contribution in [3.8, 4) is 0 Å². The van der Waals surface area contributed by atoms with Gasteiger partial charge < -0.3 is 10.5 Å². The van der Waals surface area contributed by atoms with Crippen LogP contribution in [0, 0.1) is 5.82 Å². The molecule has 108 valence electrons. The van der Waals surface area contributed by atoms with Gasteiger partial charge in [0.25, 0.3) is 0 Å². The van der Waals surface area contributed by atoms with Crippen molar-refractivity contribution in [3.63, 3.8) is 0 Å². The van der Waals surface area contributed by atoms with Crippen LogP contribution in [0.15, 0.2) is 29.2 Å². The number of nitrogens with two attached hydrogens (primary N) is 1.